The first-order valence-corrected chi connectivity index (χ1v) is 10.0. The predicted molar refractivity (Wildman–Crippen MR) is 109 cm³/mol. The first kappa shape index (κ1) is 18.4. The van der Waals surface area contributed by atoms with E-state index in [1.54, 1.807) is 7.11 Å². The molecule has 27 heavy (non-hydrogen) atoms. The lowest BCUT2D eigenvalue weighted by Gasteiger charge is -2.55. The molecule has 1 saturated carbocycles. The van der Waals surface area contributed by atoms with Crippen molar-refractivity contribution in [2.45, 2.75) is 44.9 Å². The minimum absolute atomic E-state index is 0.154. The van der Waals surface area contributed by atoms with Gasteiger partial charge in [-0.15, -0.1) is 0 Å². The molecule has 0 radical (unpaired) electrons. The van der Waals surface area contributed by atoms with Crippen LogP contribution in [-0.4, -0.2) is 58.0 Å². The van der Waals surface area contributed by atoms with Gasteiger partial charge in [-0.05, 0) is 25.0 Å². The van der Waals surface area contributed by atoms with Gasteiger partial charge in [-0.2, -0.15) is 0 Å². The van der Waals surface area contributed by atoms with Crippen LogP contribution in [0.2, 0.25) is 0 Å². The molecule has 1 aliphatic carbocycles. The molecule has 4 atom stereocenters. The van der Waals surface area contributed by atoms with Crippen molar-refractivity contribution in [3.8, 4) is 5.75 Å². The number of hydrogen-bond acceptors (Lipinski definition) is 4. The number of methoxy groups -OCH3 is 1. The Morgan fingerprint density at radius 1 is 1.30 bits per heavy atom. The molecular formula is C21H32N4O2. The Hall–Kier alpha value is -1.95. The second kappa shape index (κ2) is 7.23. The van der Waals surface area contributed by atoms with E-state index in [-0.39, 0.29) is 5.41 Å². The zero-order valence-electron chi connectivity index (χ0n) is 16.9. The van der Waals surface area contributed by atoms with Crippen LogP contribution in [0, 0.1) is 11.3 Å². The highest BCUT2D eigenvalue weighted by Gasteiger charge is 2.59. The lowest BCUT2D eigenvalue weighted by Crippen LogP contribution is -2.68. The van der Waals surface area contributed by atoms with Crippen molar-refractivity contribution < 1.29 is 9.47 Å². The molecule has 0 spiro atoms. The van der Waals surface area contributed by atoms with Gasteiger partial charge in [0.1, 0.15) is 5.75 Å². The summed E-state index contributed by atoms with van der Waals surface area (Å²) in [6, 6.07) is 9.10. The second-order valence-electron chi connectivity index (χ2n) is 8.54. The second-order valence-corrected chi connectivity index (χ2v) is 8.54. The minimum Gasteiger partial charge on any atom is -0.497 e. The number of benzene rings is 1. The molecule has 1 aromatic carbocycles. The number of hydrogen-bond donors (Lipinski definition) is 2. The Morgan fingerprint density at radius 3 is 2.93 bits per heavy atom. The van der Waals surface area contributed by atoms with E-state index in [9.17, 15) is 0 Å². The van der Waals surface area contributed by atoms with Gasteiger partial charge >= 0.3 is 0 Å². The summed E-state index contributed by atoms with van der Waals surface area (Å²) in [4.78, 5) is 6.90. The Morgan fingerprint density at radius 2 is 2.15 bits per heavy atom. The quantitative estimate of drug-likeness (QED) is 0.627. The highest BCUT2D eigenvalue weighted by molar-refractivity contribution is 5.80. The van der Waals surface area contributed by atoms with Gasteiger partial charge in [-0.1, -0.05) is 19.9 Å². The fourth-order valence-electron chi connectivity index (χ4n) is 5.05. The van der Waals surface area contributed by atoms with Crippen LogP contribution < -0.4 is 20.3 Å². The third kappa shape index (κ3) is 3.35. The summed E-state index contributed by atoms with van der Waals surface area (Å²) in [7, 11) is 3.57. The number of ether oxygens (including phenoxy) is 2. The predicted octanol–water partition coefficient (Wildman–Crippen LogP) is 2.25. The summed E-state index contributed by atoms with van der Waals surface area (Å²) in [5, 5.41) is 7.32. The highest BCUT2D eigenvalue weighted by Crippen LogP contribution is 2.52. The van der Waals surface area contributed by atoms with E-state index in [1.165, 1.54) is 5.69 Å². The van der Waals surface area contributed by atoms with Crippen LogP contribution in [0.1, 0.15) is 26.7 Å². The summed E-state index contributed by atoms with van der Waals surface area (Å²) in [6.07, 6.45) is 2.64. The molecule has 3 aliphatic rings. The van der Waals surface area contributed by atoms with Crippen LogP contribution in [0.3, 0.4) is 0 Å². The number of nitrogens with zero attached hydrogens (tertiary/aromatic N) is 2. The number of aliphatic imine (C=N–C) groups is 1. The molecule has 1 aromatic rings. The maximum atomic E-state index is 5.91. The maximum Gasteiger partial charge on any atom is 0.191 e. The topological polar surface area (TPSA) is 58.1 Å². The summed E-state index contributed by atoms with van der Waals surface area (Å²) < 4.78 is 11.3. The molecular weight excluding hydrogens is 340 g/mol. The first-order chi connectivity index (χ1) is 13.0. The Kier molecular flexibility index (Phi) is 4.93. The van der Waals surface area contributed by atoms with Crippen molar-refractivity contribution in [1.29, 1.82) is 0 Å². The van der Waals surface area contributed by atoms with Gasteiger partial charge in [0, 0.05) is 61.9 Å². The average Bonchev–Trinajstić information content (AvgIpc) is 3.33. The molecule has 6 heteroatoms. The van der Waals surface area contributed by atoms with Crippen LogP contribution in [0.15, 0.2) is 29.3 Å². The van der Waals surface area contributed by atoms with E-state index in [0.29, 0.717) is 24.1 Å². The van der Waals surface area contributed by atoms with Gasteiger partial charge in [-0.25, -0.2) is 0 Å². The van der Waals surface area contributed by atoms with E-state index in [1.807, 2.05) is 19.2 Å². The normalized spacial score (nSPS) is 32.0. The summed E-state index contributed by atoms with van der Waals surface area (Å²) in [5.41, 5.74) is 1.37. The molecule has 0 aromatic heterocycles. The monoisotopic (exact) mass is 372 g/mol. The standard InChI is InChI=1S/C21H32N4O2/c1-21(2)18(17-9-11-27-19(17)21)24-20(22-3)23-14-8-10-25(13-14)15-6-5-7-16(12-15)26-4/h5-7,12,14,17-19H,8-11,13H2,1-4H3,(H2,22,23,24). The Balaban J connectivity index is 1.34. The van der Waals surface area contributed by atoms with Gasteiger partial charge in [0.15, 0.2) is 5.96 Å². The van der Waals surface area contributed by atoms with E-state index < -0.39 is 0 Å². The maximum absolute atomic E-state index is 5.91. The Bertz CT molecular complexity index is 705. The van der Waals surface area contributed by atoms with Crippen LogP contribution in [-0.2, 0) is 4.74 Å². The molecule has 0 amide bonds. The number of anilines is 1. The van der Waals surface area contributed by atoms with Gasteiger partial charge in [-0.3, -0.25) is 4.99 Å². The van der Waals surface area contributed by atoms with E-state index >= 15 is 0 Å². The Labute approximate surface area is 162 Å². The molecule has 4 rings (SSSR count). The largest absolute Gasteiger partial charge is 0.497 e. The SMILES string of the molecule is CN=C(NC1CCN(c2cccc(OC)c2)C1)NC1C2CCOC2C1(C)C. The molecule has 148 valence electrons. The summed E-state index contributed by atoms with van der Waals surface area (Å²) in [6.45, 7) is 7.49. The smallest absolute Gasteiger partial charge is 0.191 e. The molecule has 4 unspecified atom stereocenters. The van der Waals surface area contributed by atoms with E-state index in [4.69, 9.17) is 9.47 Å². The number of fused-ring (bicyclic) bond motifs is 1. The lowest BCUT2D eigenvalue weighted by atomic mass is 9.57. The zero-order valence-corrected chi connectivity index (χ0v) is 16.9. The van der Waals surface area contributed by atoms with Crippen molar-refractivity contribution in [1.82, 2.24) is 10.6 Å². The fourth-order valence-corrected chi connectivity index (χ4v) is 5.05. The molecule has 6 nitrogen and oxygen atoms in total. The van der Waals surface area contributed by atoms with Gasteiger partial charge in [0.25, 0.3) is 0 Å². The summed E-state index contributed by atoms with van der Waals surface area (Å²) >= 11 is 0. The van der Waals surface area contributed by atoms with Crippen molar-refractivity contribution in [2.24, 2.45) is 16.3 Å². The van der Waals surface area contributed by atoms with Gasteiger partial charge in [0.2, 0.25) is 0 Å². The number of guanidine groups is 1. The van der Waals surface area contributed by atoms with Crippen LogP contribution in [0.25, 0.3) is 0 Å². The minimum atomic E-state index is 0.154. The molecule has 2 N–H and O–H groups in total. The fraction of sp³-hybridized carbons (Fsp3) is 0.667. The van der Waals surface area contributed by atoms with Gasteiger partial charge in [0.05, 0.1) is 13.2 Å². The summed E-state index contributed by atoms with van der Waals surface area (Å²) in [5.74, 6) is 2.42. The van der Waals surface area contributed by atoms with Crippen molar-refractivity contribution in [3.63, 3.8) is 0 Å². The zero-order chi connectivity index (χ0) is 19.0. The molecule has 2 heterocycles. The van der Waals surface area contributed by atoms with Crippen molar-refractivity contribution in [2.75, 3.05) is 38.8 Å². The number of rotatable bonds is 4. The van der Waals surface area contributed by atoms with E-state index in [0.717, 1.165) is 44.2 Å². The molecule has 2 saturated heterocycles. The first-order valence-electron chi connectivity index (χ1n) is 10.0. The van der Waals surface area contributed by atoms with Gasteiger partial charge < -0.3 is 25.0 Å². The third-order valence-corrected chi connectivity index (χ3v) is 6.56. The van der Waals surface area contributed by atoms with Crippen molar-refractivity contribution >= 4 is 11.6 Å². The molecule has 2 aliphatic heterocycles. The van der Waals surface area contributed by atoms with Crippen LogP contribution in [0.4, 0.5) is 5.69 Å². The lowest BCUT2D eigenvalue weighted by molar-refractivity contribution is -0.106. The van der Waals surface area contributed by atoms with Crippen LogP contribution >= 0.6 is 0 Å². The van der Waals surface area contributed by atoms with E-state index in [2.05, 4.69) is 46.5 Å². The molecule has 3 fully saturated rings. The number of nitrogens with one attached hydrogen (secondary N) is 2. The molecule has 0 bridgehead atoms. The average molecular weight is 373 g/mol. The third-order valence-electron chi connectivity index (χ3n) is 6.56. The van der Waals surface area contributed by atoms with Crippen LogP contribution in [0.5, 0.6) is 5.75 Å². The highest BCUT2D eigenvalue weighted by atomic mass is 16.5. The van der Waals surface area contributed by atoms with Crippen molar-refractivity contribution in [3.05, 3.63) is 24.3 Å².